The fourth-order valence-electron chi connectivity index (χ4n) is 3.16. The summed E-state index contributed by atoms with van der Waals surface area (Å²) in [5.41, 5.74) is 5.16. The number of hydrogen-bond acceptors (Lipinski definition) is 2. The predicted octanol–water partition coefficient (Wildman–Crippen LogP) is 3.11. The minimum Gasteiger partial charge on any atom is -0.388 e. The van der Waals surface area contributed by atoms with Crippen LogP contribution in [0, 0.1) is 6.92 Å². The van der Waals surface area contributed by atoms with Crippen molar-refractivity contribution in [1.82, 2.24) is 4.57 Å². The van der Waals surface area contributed by atoms with E-state index in [-0.39, 0.29) is 12.0 Å². The number of aliphatic hydroxyl groups is 1. The fraction of sp³-hybridized carbons (Fsp3) is 0.353. The maximum Gasteiger partial charge on any atom is 0.221 e. The van der Waals surface area contributed by atoms with Gasteiger partial charge >= 0.3 is 0 Å². The quantitative estimate of drug-likeness (QED) is 0.890. The van der Waals surface area contributed by atoms with Gasteiger partial charge in [-0.2, -0.15) is 0 Å². The van der Waals surface area contributed by atoms with Gasteiger partial charge in [0.15, 0.2) is 0 Å². The molecule has 4 heteroatoms. The molecule has 1 heterocycles. The smallest absolute Gasteiger partial charge is 0.221 e. The van der Waals surface area contributed by atoms with Gasteiger partial charge in [-0.25, -0.2) is 0 Å². The Bertz CT molecular complexity index is 688. The Morgan fingerprint density at radius 1 is 1.38 bits per heavy atom. The van der Waals surface area contributed by atoms with Crippen LogP contribution in [0.2, 0.25) is 0 Å². The van der Waals surface area contributed by atoms with Crippen LogP contribution < -0.4 is 5.32 Å². The highest BCUT2D eigenvalue weighted by Crippen LogP contribution is 2.34. The molecular formula is C17H20N2O2. The molecule has 2 aromatic rings. The minimum absolute atomic E-state index is 0.0752. The molecule has 1 aromatic carbocycles. The third-order valence-electron chi connectivity index (χ3n) is 4.00. The van der Waals surface area contributed by atoms with Crippen LogP contribution in [0.3, 0.4) is 0 Å². The number of carbonyl (C=O) groups excluding carboxylic acids is 1. The van der Waals surface area contributed by atoms with Crippen LogP contribution in [0.5, 0.6) is 0 Å². The highest BCUT2D eigenvalue weighted by atomic mass is 16.3. The largest absolute Gasteiger partial charge is 0.388 e. The van der Waals surface area contributed by atoms with Crippen molar-refractivity contribution in [2.24, 2.45) is 0 Å². The Morgan fingerprint density at radius 2 is 2.19 bits per heavy atom. The van der Waals surface area contributed by atoms with Gasteiger partial charge in [-0.15, -0.1) is 0 Å². The van der Waals surface area contributed by atoms with Crippen LogP contribution in [0.25, 0.3) is 5.69 Å². The van der Waals surface area contributed by atoms with Crippen molar-refractivity contribution < 1.29 is 9.90 Å². The standard InChI is InChI=1S/C17H20N2O2/c1-11-9-15-16(7-4-8-17(15)21)19(11)14-6-3-5-13(10-14)18-12(2)20/h3,5-6,9-10,17,21H,4,7-8H2,1-2H3,(H,18,20). The zero-order valence-electron chi connectivity index (χ0n) is 12.4. The Labute approximate surface area is 124 Å². The van der Waals surface area contributed by atoms with Crippen molar-refractivity contribution in [3.63, 3.8) is 0 Å². The number of rotatable bonds is 2. The van der Waals surface area contributed by atoms with Gasteiger partial charge in [0.1, 0.15) is 0 Å². The van der Waals surface area contributed by atoms with E-state index < -0.39 is 0 Å². The second-order valence-electron chi connectivity index (χ2n) is 5.66. The molecule has 21 heavy (non-hydrogen) atoms. The van der Waals surface area contributed by atoms with Crippen LogP contribution in [0.1, 0.15) is 42.8 Å². The summed E-state index contributed by atoms with van der Waals surface area (Å²) < 4.78 is 2.18. The molecule has 1 aromatic heterocycles. The second-order valence-corrected chi connectivity index (χ2v) is 5.66. The summed E-state index contributed by atoms with van der Waals surface area (Å²) in [5.74, 6) is -0.0752. The van der Waals surface area contributed by atoms with Crippen molar-refractivity contribution in [2.45, 2.75) is 39.2 Å². The van der Waals surface area contributed by atoms with Crippen molar-refractivity contribution in [2.75, 3.05) is 5.32 Å². The number of amides is 1. The first kappa shape index (κ1) is 13.9. The summed E-state index contributed by atoms with van der Waals surface area (Å²) in [6, 6.07) is 9.89. The Kier molecular flexibility index (Phi) is 3.55. The van der Waals surface area contributed by atoms with E-state index in [9.17, 15) is 9.90 Å². The van der Waals surface area contributed by atoms with E-state index in [1.807, 2.05) is 24.3 Å². The van der Waals surface area contributed by atoms with Gasteiger partial charge in [0.05, 0.1) is 6.10 Å². The van der Waals surface area contributed by atoms with E-state index in [1.165, 1.54) is 12.6 Å². The van der Waals surface area contributed by atoms with Crippen LogP contribution in [-0.4, -0.2) is 15.6 Å². The van der Waals surface area contributed by atoms with Gasteiger partial charge in [0.2, 0.25) is 5.91 Å². The molecule has 0 radical (unpaired) electrons. The lowest BCUT2D eigenvalue weighted by Gasteiger charge is -2.20. The number of benzene rings is 1. The molecular weight excluding hydrogens is 264 g/mol. The van der Waals surface area contributed by atoms with Crippen LogP contribution >= 0.6 is 0 Å². The number of nitrogens with one attached hydrogen (secondary N) is 1. The normalized spacial score (nSPS) is 17.4. The Balaban J connectivity index is 2.07. The second kappa shape index (κ2) is 5.37. The van der Waals surface area contributed by atoms with Gasteiger partial charge < -0.3 is 15.0 Å². The Morgan fingerprint density at radius 3 is 2.95 bits per heavy atom. The first-order valence-electron chi connectivity index (χ1n) is 7.33. The number of carbonyl (C=O) groups is 1. The molecule has 2 N–H and O–H groups in total. The molecule has 0 fully saturated rings. The maximum atomic E-state index is 11.2. The van der Waals surface area contributed by atoms with Gasteiger partial charge in [0, 0.05) is 35.2 Å². The molecule has 110 valence electrons. The van der Waals surface area contributed by atoms with Crippen LogP contribution in [0.4, 0.5) is 5.69 Å². The molecule has 0 saturated carbocycles. The van der Waals surface area contributed by atoms with E-state index in [0.29, 0.717) is 0 Å². The summed E-state index contributed by atoms with van der Waals surface area (Å²) >= 11 is 0. The zero-order chi connectivity index (χ0) is 15.0. The summed E-state index contributed by atoms with van der Waals surface area (Å²) in [4.78, 5) is 11.2. The molecule has 3 rings (SSSR count). The average molecular weight is 284 g/mol. The number of aliphatic hydroxyl groups excluding tert-OH is 1. The van der Waals surface area contributed by atoms with Gasteiger partial charge in [-0.05, 0) is 50.5 Å². The summed E-state index contributed by atoms with van der Waals surface area (Å²) in [7, 11) is 0. The molecule has 1 atom stereocenters. The lowest BCUT2D eigenvalue weighted by molar-refractivity contribution is -0.114. The average Bonchev–Trinajstić information content (AvgIpc) is 2.76. The number of hydrogen-bond donors (Lipinski definition) is 2. The first-order chi connectivity index (χ1) is 10.1. The van der Waals surface area contributed by atoms with Gasteiger partial charge in [-0.1, -0.05) is 6.07 Å². The SMILES string of the molecule is CC(=O)Nc1cccc(-n2c(C)cc3c2CCCC3O)c1. The minimum atomic E-state index is -0.354. The highest BCUT2D eigenvalue weighted by molar-refractivity contribution is 5.88. The number of aromatic nitrogens is 1. The number of nitrogens with zero attached hydrogens (tertiary/aromatic N) is 1. The lowest BCUT2D eigenvalue weighted by atomic mass is 9.95. The van der Waals surface area contributed by atoms with Gasteiger partial charge in [-0.3, -0.25) is 4.79 Å². The summed E-state index contributed by atoms with van der Waals surface area (Å²) in [5, 5.41) is 13.0. The molecule has 0 aliphatic heterocycles. The molecule has 1 aliphatic rings. The summed E-state index contributed by atoms with van der Waals surface area (Å²) in [6.45, 7) is 3.56. The van der Waals surface area contributed by atoms with Crippen molar-refractivity contribution in [3.05, 3.63) is 47.3 Å². The van der Waals surface area contributed by atoms with E-state index >= 15 is 0 Å². The van der Waals surface area contributed by atoms with Crippen molar-refractivity contribution in [3.8, 4) is 5.69 Å². The Hall–Kier alpha value is -2.07. The topological polar surface area (TPSA) is 54.3 Å². The number of fused-ring (bicyclic) bond motifs is 1. The molecule has 4 nitrogen and oxygen atoms in total. The monoisotopic (exact) mass is 284 g/mol. The zero-order valence-corrected chi connectivity index (χ0v) is 12.4. The molecule has 1 amide bonds. The van der Waals surface area contributed by atoms with Crippen LogP contribution in [-0.2, 0) is 11.2 Å². The van der Waals surface area contributed by atoms with Crippen molar-refractivity contribution >= 4 is 11.6 Å². The predicted molar refractivity (Wildman–Crippen MR) is 82.7 cm³/mol. The summed E-state index contributed by atoms with van der Waals surface area (Å²) in [6.07, 6.45) is 2.46. The molecule has 1 unspecified atom stereocenters. The van der Waals surface area contributed by atoms with E-state index in [1.54, 1.807) is 0 Å². The number of aryl methyl sites for hydroxylation is 1. The third kappa shape index (κ3) is 2.59. The van der Waals surface area contributed by atoms with Gasteiger partial charge in [0.25, 0.3) is 0 Å². The number of anilines is 1. The van der Waals surface area contributed by atoms with E-state index in [0.717, 1.165) is 41.9 Å². The molecule has 0 saturated heterocycles. The van der Waals surface area contributed by atoms with Crippen LogP contribution in [0.15, 0.2) is 30.3 Å². The van der Waals surface area contributed by atoms with E-state index in [4.69, 9.17) is 0 Å². The lowest BCUT2D eigenvalue weighted by Crippen LogP contribution is -2.12. The highest BCUT2D eigenvalue weighted by Gasteiger charge is 2.23. The fourth-order valence-corrected chi connectivity index (χ4v) is 3.16. The molecule has 0 bridgehead atoms. The first-order valence-corrected chi connectivity index (χ1v) is 7.33. The maximum absolute atomic E-state index is 11.2. The van der Waals surface area contributed by atoms with Crippen molar-refractivity contribution in [1.29, 1.82) is 0 Å². The third-order valence-corrected chi connectivity index (χ3v) is 4.00. The molecule has 0 spiro atoms. The van der Waals surface area contributed by atoms with E-state index in [2.05, 4.69) is 22.9 Å². The molecule has 1 aliphatic carbocycles.